The second-order valence-electron chi connectivity index (χ2n) is 12.9. The zero-order valence-corrected chi connectivity index (χ0v) is 24.3. The quantitative estimate of drug-likeness (QED) is 0.407. The van der Waals surface area contributed by atoms with E-state index in [0.29, 0.717) is 18.9 Å². The number of piperidine rings is 2. The van der Waals surface area contributed by atoms with Crippen molar-refractivity contribution in [3.8, 4) is 0 Å². The maximum absolute atomic E-state index is 13.7. The van der Waals surface area contributed by atoms with E-state index in [-0.39, 0.29) is 48.2 Å². The molecule has 3 saturated heterocycles. The Hall–Kier alpha value is -1.26. The van der Waals surface area contributed by atoms with Crippen LogP contribution in [0.4, 0.5) is 0 Å². The van der Waals surface area contributed by atoms with Gasteiger partial charge >= 0.3 is 0 Å². The third-order valence-electron chi connectivity index (χ3n) is 10.7. The molecule has 8 unspecified atom stereocenters. The number of hydrogen-bond acceptors (Lipinski definition) is 7. The fraction of sp³-hybridized carbons (Fsp3) is 0.933. The van der Waals surface area contributed by atoms with Crippen molar-refractivity contribution in [1.29, 1.82) is 0 Å². The van der Waals surface area contributed by atoms with Crippen LogP contribution in [0.5, 0.6) is 0 Å². The lowest BCUT2D eigenvalue weighted by Crippen LogP contribution is -2.74. The van der Waals surface area contributed by atoms with Crippen LogP contribution in [0.2, 0.25) is 0 Å². The molecule has 0 bridgehead atoms. The van der Waals surface area contributed by atoms with Gasteiger partial charge in [0.25, 0.3) is 0 Å². The predicted molar refractivity (Wildman–Crippen MR) is 150 cm³/mol. The first-order valence-corrected chi connectivity index (χ1v) is 15.9. The molecule has 0 radical (unpaired) electrons. The number of fused-ring (bicyclic) bond motifs is 2. The molecule has 39 heavy (non-hydrogen) atoms. The molecule has 4 N–H and O–H groups in total. The third-order valence-corrected chi connectivity index (χ3v) is 10.7. The zero-order chi connectivity index (χ0) is 27.4. The summed E-state index contributed by atoms with van der Waals surface area (Å²) in [6, 6.07) is 0. The van der Waals surface area contributed by atoms with Gasteiger partial charge in [0.2, 0.25) is 11.8 Å². The lowest BCUT2D eigenvalue weighted by Gasteiger charge is -2.55. The second-order valence-corrected chi connectivity index (χ2v) is 12.9. The van der Waals surface area contributed by atoms with Crippen LogP contribution in [0.1, 0.15) is 89.9 Å². The van der Waals surface area contributed by atoms with E-state index in [0.717, 1.165) is 70.4 Å². The van der Waals surface area contributed by atoms with Crippen molar-refractivity contribution >= 4 is 11.8 Å². The molecule has 0 aromatic carbocycles. The minimum atomic E-state index is -0.398. The first-order chi connectivity index (χ1) is 19.0. The molecule has 0 spiro atoms. The molecule has 2 saturated carbocycles. The number of amides is 2. The maximum Gasteiger partial charge on any atom is 0.229 e. The lowest BCUT2D eigenvalue weighted by molar-refractivity contribution is -0.162. The van der Waals surface area contributed by atoms with Crippen LogP contribution < -0.4 is 16.4 Å². The summed E-state index contributed by atoms with van der Waals surface area (Å²) in [5.41, 5.74) is 6.93. The Kier molecular flexibility index (Phi) is 10.2. The van der Waals surface area contributed by atoms with Gasteiger partial charge in [0.15, 0.2) is 0 Å². The van der Waals surface area contributed by atoms with Gasteiger partial charge < -0.3 is 25.4 Å². The van der Waals surface area contributed by atoms with Crippen molar-refractivity contribution in [2.75, 3.05) is 33.9 Å². The Morgan fingerprint density at radius 3 is 2.49 bits per heavy atom. The molecule has 3 heterocycles. The Morgan fingerprint density at radius 1 is 0.949 bits per heavy atom. The molecule has 2 amide bonds. The van der Waals surface area contributed by atoms with Gasteiger partial charge in [-0.2, -0.15) is 0 Å². The van der Waals surface area contributed by atoms with Crippen molar-refractivity contribution in [1.82, 2.24) is 20.4 Å². The fourth-order valence-electron chi connectivity index (χ4n) is 8.27. The largest absolute Gasteiger partial charge is 0.379 e. The monoisotopic (exact) mass is 547 g/mol. The third kappa shape index (κ3) is 6.64. The first-order valence-electron chi connectivity index (χ1n) is 15.9. The number of carbonyl (C=O) groups excluding carboxylic acids is 2. The number of nitrogens with one attached hydrogen (secondary N) is 2. The number of rotatable bonds is 9. The number of nitrogens with two attached hydrogens (primary N) is 1. The van der Waals surface area contributed by atoms with E-state index in [1.807, 2.05) is 4.90 Å². The highest BCUT2D eigenvalue weighted by molar-refractivity contribution is 5.84. The summed E-state index contributed by atoms with van der Waals surface area (Å²) in [4.78, 5) is 31.6. The van der Waals surface area contributed by atoms with E-state index in [2.05, 4.69) is 15.5 Å². The van der Waals surface area contributed by atoms with E-state index >= 15 is 0 Å². The van der Waals surface area contributed by atoms with E-state index in [4.69, 9.17) is 15.2 Å². The molecule has 3 aliphatic heterocycles. The van der Waals surface area contributed by atoms with Crippen molar-refractivity contribution in [3.63, 3.8) is 0 Å². The normalized spacial score (nSPS) is 38.2. The Labute approximate surface area is 235 Å². The molecule has 9 heteroatoms. The summed E-state index contributed by atoms with van der Waals surface area (Å²) in [6.07, 6.45) is 15.2. The van der Waals surface area contributed by atoms with E-state index < -0.39 is 6.17 Å². The molecule has 222 valence electrons. The van der Waals surface area contributed by atoms with Crippen LogP contribution in [-0.4, -0.2) is 86.2 Å². The molecule has 0 aromatic heterocycles. The molecule has 5 aliphatic rings. The number of carbonyl (C=O) groups is 2. The highest BCUT2D eigenvalue weighted by atomic mass is 16.5. The number of methoxy groups -OCH3 is 2. The molecule has 5 fully saturated rings. The Morgan fingerprint density at radius 2 is 1.72 bits per heavy atom. The van der Waals surface area contributed by atoms with Crippen LogP contribution in [0.3, 0.4) is 0 Å². The first kappa shape index (κ1) is 29.2. The SMILES string of the molecule is COC1CCC(CCN2C(N)C(C(=O)NCCC3CCCCC3)CC3C(=O)N4CCCCC4NC32)CC1OC. The molecule has 5 rings (SSSR count). The van der Waals surface area contributed by atoms with E-state index in [9.17, 15) is 9.59 Å². The average molecular weight is 548 g/mol. The minimum absolute atomic E-state index is 0.0235. The topological polar surface area (TPSA) is 109 Å². The van der Waals surface area contributed by atoms with Crippen molar-refractivity contribution < 1.29 is 19.1 Å². The van der Waals surface area contributed by atoms with Crippen molar-refractivity contribution in [2.45, 2.75) is 121 Å². The lowest BCUT2D eigenvalue weighted by atomic mass is 9.79. The molecular formula is C30H53N5O4. The van der Waals surface area contributed by atoms with E-state index in [1.54, 1.807) is 14.2 Å². The molecular weight excluding hydrogens is 494 g/mol. The predicted octanol–water partition coefficient (Wildman–Crippen LogP) is 2.78. The van der Waals surface area contributed by atoms with Gasteiger partial charge in [0.05, 0.1) is 42.5 Å². The average Bonchev–Trinajstić information content (AvgIpc) is 2.97. The van der Waals surface area contributed by atoms with Gasteiger partial charge in [0, 0.05) is 33.9 Å². The standard InChI is InChI=1S/C30H53N5O4/c1-38-24-12-11-21(18-25(24)39-2)14-17-35-27(31)22(29(36)32-15-13-20-8-4-3-5-9-20)19-23-28(35)33-26-10-6-7-16-34(26)30(23)37/h20-28,33H,3-19,31H2,1-2H3,(H,32,36). The summed E-state index contributed by atoms with van der Waals surface area (Å²) >= 11 is 0. The summed E-state index contributed by atoms with van der Waals surface area (Å²) in [5.74, 6) is 0.868. The Bertz CT molecular complexity index is 823. The molecule has 8 atom stereocenters. The van der Waals surface area contributed by atoms with Crippen LogP contribution in [0, 0.1) is 23.7 Å². The van der Waals surface area contributed by atoms with Gasteiger partial charge in [-0.1, -0.05) is 32.1 Å². The van der Waals surface area contributed by atoms with Gasteiger partial charge in [-0.25, -0.2) is 0 Å². The highest BCUT2D eigenvalue weighted by Gasteiger charge is 2.52. The van der Waals surface area contributed by atoms with Crippen LogP contribution in [0.15, 0.2) is 0 Å². The van der Waals surface area contributed by atoms with Crippen molar-refractivity contribution in [2.24, 2.45) is 29.4 Å². The Balaban J connectivity index is 1.25. The summed E-state index contributed by atoms with van der Waals surface area (Å²) in [7, 11) is 3.54. The number of ether oxygens (including phenoxy) is 2. The van der Waals surface area contributed by atoms with Crippen LogP contribution in [0.25, 0.3) is 0 Å². The second kappa shape index (κ2) is 13.6. The van der Waals surface area contributed by atoms with Gasteiger partial charge in [-0.3, -0.25) is 19.8 Å². The zero-order valence-electron chi connectivity index (χ0n) is 24.3. The van der Waals surface area contributed by atoms with Crippen LogP contribution in [-0.2, 0) is 19.1 Å². The maximum atomic E-state index is 13.7. The minimum Gasteiger partial charge on any atom is -0.379 e. The fourth-order valence-corrected chi connectivity index (χ4v) is 8.27. The van der Waals surface area contributed by atoms with Gasteiger partial charge in [-0.05, 0) is 69.6 Å². The van der Waals surface area contributed by atoms with Crippen molar-refractivity contribution in [3.05, 3.63) is 0 Å². The summed E-state index contributed by atoms with van der Waals surface area (Å²) < 4.78 is 11.4. The molecule has 2 aliphatic carbocycles. The number of nitrogens with zero attached hydrogens (tertiary/aromatic N) is 2. The molecule has 0 aromatic rings. The van der Waals surface area contributed by atoms with Gasteiger partial charge in [-0.15, -0.1) is 0 Å². The highest BCUT2D eigenvalue weighted by Crippen LogP contribution is 2.38. The van der Waals surface area contributed by atoms with Gasteiger partial charge in [0.1, 0.15) is 0 Å². The summed E-state index contributed by atoms with van der Waals surface area (Å²) in [6.45, 7) is 2.30. The number of likely N-dealkylation sites (tertiary alicyclic amines) is 1. The van der Waals surface area contributed by atoms with E-state index in [1.165, 1.54) is 32.1 Å². The molecule has 9 nitrogen and oxygen atoms in total. The number of hydrogen-bond donors (Lipinski definition) is 3. The summed E-state index contributed by atoms with van der Waals surface area (Å²) in [5, 5.41) is 7.04. The van der Waals surface area contributed by atoms with Crippen LogP contribution >= 0.6 is 0 Å². The smallest absolute Gasteiger partial charge is 0.229 e.